The van der Waals surface area contributed by atoms with Crippen LogP contribution in [-0.2, 0) is 0 Å². The van der Waals surface area contributed by atoms with E-state index < -0.39 is 5.91 Å². The number of nitroso groups, excluding NO2 is 1. The summed E-state index contributed by atoms with van der Waals surface area (Å²) in [6.07, 6.45) is 0. The van der Waals surface area contributed by atoms with Crippen LogP contribution >= 0.6 is 0 Å². The van der Waals surface area contributed by atoms with Crippen LogP contribution in [0, 0.1) is 11.8 Å². The first-order valence-electron chi connectivity index (χ1n) is 3.78. The van der Waals surface area contributed by atoms with Crippen molar-refractivity contribution < 1.29 is 4.79 Å². The van der Waals surface area contributed by atoms with Gasteiger partial charge in [-0.3, -0.25) is 4.79 Å². The summed E-state index contributed by atoms with van der Waals surface area (Å²) >= 11 is 0. The van der Waals surface area contributed by atoms with Gasteiger partial charge in [0.1, 0.15) is 5.69 Å². The Kier molecular flexibility index (Phi) is 3.01. The van der Waals surface area contributed by atoms with Crippen molar-refractivity contribution >= 4 is 11.6 Å². The van der Waals surface area contributed by atoms with Gasteiger partial charge in [0.05, 0.1) is 5.56 Å². The lowest BCUT2D eigenvalue weighted by atomic mass is 10.1. The minimum Gasteiger partial charge on any atom is -0.304 e. The maximum absolute atomic E-state index is 11.2. The number of hydrogen-bond acceptors (Lipinski definition) is 4. The molecule has 0 bridgehead atoms. The van der Waals surface area contributed by atoms with Crippen LogP contribution in [0.15, 0.2) is 33.7 Å². The summed E-state index contributed by atoms with van der Waals surface area (Å²) in [7, 11) is 0. The Bertz CT molecular complexity index is 400. The van der Waals surface area contributed by atoms with Crippen molar-refractivity contribution in [3.8, 4) is 0 Å². The first-order chi connectivity index (χ1) is 6.69. The van der Waals surface area contributed by atoms with Gasteiger partial charge >= 0.3 is 0 Å². The average Bonchev–Trinajstić information content (AvgIpc) is 2.17. The first kappa shape index (κ1) is 9.97. The van der Waals surface area contributed by atoms with Crippen molar-refractivity contribution in [1.82, 2.24) is 0 Å². The van der Waals surface area contributed by atoms with Crippen molar-refractivity contribution in [2.24, 2.45) is 21.4 Å². The Morgan fingerprint density at radius 3 is 2.71 bits per heavy atom. The summed E-state index contributed by atoms with van der Waals surface area (Å²) in [6.45, 7) is 1.79. The minimum absolute atomic E-state index is 0.0439. The Morgan fingerprint density at radius 1 is 1.43 bits per heavy atom. The van der Waals surface area contributed by atoms with E-state index in [1.165, 1.54) is 12.1 Å². The number of nitrogens with two attached hydrogens (primary N) is 1. The second-order valence-electron chi connectivity index (χ2n) is 2.63. The lowest BCUT2D eigenvalue weighted by Crippen LogP contribution is -1.96. The summed E-state index contributed by atoms with van der Waals surface area (Å²) < 4.78 is 0. The first-order valence-corrected chi connectivity index (χ1v) is 3.78. The van der Waals surface area contributed by atoms with Crippen molar-refractivity contribution in [2.75, 3.05) is 0 Å². The van der Waals surface area contributed by atoms with Crippen molar-refractivity contribution in [3.63, 3.8) is 0 Å². The maximum atomic E-state index is 11.2. The van der Waals surface area contributed by atoms with E-state index in [0.717, 1.165) is 5.56 Å². The summed E-state index contributed by atoms with van der Waals surface area (Å²) in [4.78, 5) is 21.6. The Hall–Kier alpha value is -2.11. The number of benzene rings is 1. The number of carbonyl (C=O) groups excluding carboxylic acids is 1. The second-order valence-corrected chi connectivity index (χ2v) is 2.63. The molecule has 0 aliphatic heterocycles. The van der Waals surface area contributed by atoms with E-state index in [1.54, 1.807) is 13.0 Å². The fourth-order valence-electron chi connectivity index (χ4n) is 1.00. The monoisotopic (exact) mass is 192 g/mol. The van der Waals surface area contributed by atoms with E-state index >= 15 is 0 Å². The number of nitrogens with zero attached hydrogens (tertiary/aromatic N) is 3. The van der Waals surface area contributed by atoms with E-state index in [9.17, 15) is 9.70 Å². The van der Waals surface area contributed by atoms with Crippen LogP contribution in [0.25, 0.3) is 0 Å². The highest BCUT2D eigenvalue weighted by Crippen LogP contribution is 2.21. The third-order valence-electron chi connectivity index (χ3n) is 1.63. The fraction of sp³-hybridized carbons (Fsp3) is 0.125. The van der Waals surface area contributed by atoms with Crippen LogP contribution in [-0.4, -0.2) is 5.91 Å². The topological polar surface area (TPSA) is 97.2 Å². The standard InChI is InChI=1S/C8H8N4O2/c1-5-2-3-6(7(4-5)11-14)8(13)10-12-9/h2-4H,1H3,(H2,9,10,13). The molecular formula is C8H8N4O2. The molecule has 6 nitrogen and oxygen atoms in total. The summed E-state index contributed by atoms with van der Waals surface area (Å²) in [6, 6.07) is 4.63. The normalized spacial score (nSPS) is 10.4. The summed E-state index contributed by atoms with van der Waals surface area (Å²) in [5.74, 6) is 4.04. The van der Waals surface area contributed by atoms with Gasteiger partial charge in [0.2, 0.25) is 0 Å². The van der Waals surface area contributed by atoms with Crippen LogP contribution in [0.5, 0.6) is 0 Å². The Balaban J connectivity index is 3.20. The van der Waals surface area contributed by atoms with Gasteiger partial charge in [0.15, 0.2) is 0 Å². The highest BCUT2D eigenvalue weighted by atomic mass is 16.3. The van der Waals surface area contributed by atoms with Gasteiger partial charge in [-0.05, 0) is 29.8 Å². The molecule has 1 aromatic rings. The number of aryl methyl sites for hydroxylation is 1. The molecule has 0 spiro atoms. The van der Waals surface area contributed by atoms with E-state index in [0.29, 0.717) is 0 Å². The molecule has 0 fully saturated rings. The van der Waals surface area contributed by atoms with Crippen LogP contribution in [0.1, 0.15) is 15.9 Å². The fourth-order valence-corrected chi connectivity index (χ4v) is 1.00. The molecular weight excluding hydrogens is 184 g/mol. The van der Waals surface area contributed by atoms with Gasteiger partial charge in [-0.2, -0.15) is 0 Å². The predicted molar refractivity (Wildman–Crippen MR) is 50.0 cm³/mol. The Labute approximate surface area is 79.8 Å². The summed E-state index contributed by atoms with van der Waals surface area (Å²) in [5, 5.41) is 8.66. The number of hydrogen-bond donors (Lipinski definition) is 1. The lowest BCUT2D eigenvalue weighted by Gasteiger charge is -1.98. The molecule has 0 saturated carbocycles. The molecule has 2 N–H and O–H groups in total. The lowest BCUT2D eigenvalue weighted by molar-refractivity contribution is 0.0994. The molecule has 0 atom stereocenters. The molecule has 0 heterocycles. The third kappa shape index (κ3) is 1.98. The van der Waals surface area contributed by atoms with Gasteiger partial charge < -0.3 is 5.84 Å². The van der Waals surface area contributed by atoms with Crippen LogP contribution < -0.4 is 5.84 Å². The average molecular weight is 192 g/mol. The van der Waals surface area contributed by atoms with E-state index in [1.807, 2.05) is 0 Å². The molecule has 0 unspecified atom stereocenters. The molecule has 72 valence electrons. The van der Waals surface area contributed by atoms with Crippen molar-refractivity contribution in [1.29, 1.82) is 0 Å². The molecule has 6 heteroatoms. The maximum Gasteiger partial charge on any atom is 0.299 e. The van der Waals surface area contributed by atoms with Crippen LogP contribution in [0.3, 0.4) is 0 Å². The van der Waals surface area contributed by atoms with Gasteiger partial charge in [-0.15, -0.1) is 4.91 Å². The molecule has 1 rings (SSSR count). The molecule has 0 aromatic heterocycles. The molecule has 0 radical (unpaired) electrons. The Morgan fingerprint density at radius 2 is 2.14 bits per heavy atom. The van der Waals surface area contributed by atoms with E-state index in [2.05, 4.69) is 15.5 Å². The molecule has 0 aliphatic carbocycles. The zero-order valence-electron chi connectivity index (χ0n) is 7.47. The second kappa shape index (κ2) is 4.22. The predicted octanol–water partition coefficient (Wildman–Crippen LogP) is 1.86. The number of rotatable bonds is 2. The van der Waals surface area contributed by atoms with E-state index in [4.69, 9.17) is 5.84 Å². The molecule has 14 heavy (non-hydrogen) atoms. The number of amides is 1. The smallest absolute Gasteiger partial charge is 0.299 e. The number of carbonyl (C=O) groups is 1. The minimum atomic E-state index is -0.679. The van der Waals surface area contributed by atoms with Crippen molar-refractivity contribution in [3.05, 3.63) is 34.2 Å². The summed E-state index contributed by atoms with van der Waals surface area (Å²) in [5.41, 5.74) is 0.975. The highest BCUT2D eigenvalue weighted by Gasteiger charge is 2.11. The molecule has 0 saturated heterocycles. The van der Waals surface area contributed by atoms with Crippen LogP contribution in [0.2, 0.25) is 0 Å². The van der Waals surface area contributed by atoms with Crippen molar-refractivity contribution in [2.45, 2.75) is 6.92 Å². The SMILES string of the molecule is Cc1ccc(C(=O)N=NN)c(N=O)c1. The quantitative estimate of drug-likeness (QED) is 0.335. The molecule has 1 aromatic carbocycles. The third-order valence-corrected chi connectivity index (χ3v) is 1.63. The highest BCUT2D eigenvalue weighted by molar-refractivity contribution is 5.99. The zero-order valence-corrected chi connectivity index (χ0v) is 7.47. The molecule has 0 aliphatic rings. The van der Waals surface area contributed by atoms with Gasteiger partial charge in [-0.25, -0.2) is 0 Å². The van der Waals surface area contributed by atoms with Gasteiger partial charge in [0.25, 0.3) is 5.91 Å². The van der Waals surface area contributed by atoms with Gasteiger partial charge in [0, 0.05) is 0 Å². The van der Waals surface area contributed by atoms with E-state index in [-0.39, 0.29) is 11.3 Å². The van der Waals surface area contributed by atoms with Crippen LogP contribution in [0.4, 0.5) is 5.69 Å². The largest absolute Gasteiger partial charge is 0.304 e. The van der Waals surface area contributed by atoms with Gasteiger partial charge in [-0.1, -0.05) is 16.4 Å². The zero-order chi connectivity index (χ0) is 10.6. The molecule has 1 amide bonds.